The van der Waals surface area contributed by atoms with Crippen molar-refractivity contribution in [2.75, 3.05) is 20.6 Å². The van der Waals surface area contributed by atoms with Crippen LogP contribution in [0.2, 0.25) is 0 Å². The molecule has 0 fully saturated rings. The van der Waals surface area contributed by atoms with Crippen LogP contribution in [-0.4, -0.2) is 38.6 Å². The molecule has 45 heavy (non-hydrogen) atoms. The first-order chi connectivity index (χ1) is 21.9. The van der Waals surface area contributed by atoms with Gasteiger partial charge in [0, 0.05) is 5.56 Å². The summed E-state index contributed by atoms with van der Waals surface area (Å²) in [6, 6.07) is 62.3. The Balaban J connectivity index is 0.000000183. The van der Waals surface area contributed by atoms with E-state index in [1.54, 1.807) is 0 Å². The number of benzene rings is 6. The Kier molecular flexibility index (Phi) is 10.2. The van der Waals surface area contributed by atoms with E-state index in [0.717, 1.165) is 5.69 Å². The average Bonchev–Trinajstić information content (AvgIpc) is 3.11. The van der Waals surface area contributed by atoms with Gasteiger partial charge in [0.25, 0.3) is 0 Å². The summed E-state index contributed by atoms with van der Waals surface area (Å²) in [7, 11) is 4.13. The molecule has 0 spiro atoms. The summed E-state index contributed by atoms with van der Waals surface area (Å²) in [5, 5.41) is 0. The van der Waals surface area contributed by atoms with Crippen molar-refractivity contribution in [2.45, 2.75) is 6.04 Å². The molecule has 0 aliphatic rings. The summed E-state index contributed by atoms with van der Waals surface area (Å²) in [4.78, 5) is 12.3. The zero-order valence-electron chi connectivity index (χ0n) is 26.1. The SMILES string of the molecule is C[N+](C)(CC(N)C(=O)c1ccccc1)c1ccccc1.c1ccc([B-](c2ccccc2)(c2ccccc2)c2ccccc2)cc1. The molecule has 0 heterocycles. The summed E-state index contributed by atoms with van der Waals surface area (Å²) < 4.78 is 0.584. The summed E-state index contributed by atoms with van der Waals surface area (Å²) in [6.45, 7) is 0.567. The molecule has 6 aromatic carbocycles. The highest BCUT2D eigenvalue weighted by molar-refractivity contribution is 7.19. The van der Waals surface area contributed by atoms with E-state index in [0.29, 0.717) is 16.6 Å². The summed E-state index contributed by atoms with van der Waals surface area (Å²) in [5.74, 6) is -0.00673. The molecule has 6 aromatic rings. The third kappa shape index (κ3) is 7.21. The largest absolute Gasteiger partial charge is 0.317 e. The first-order valence-corrected chi connectivity index (χ1v) is 15.5. The first-order valence-electron chi connectivity index (χ1n) is 15.5. The molecule has 1 unspecified atom stereocenters. The first kappa shape index (κ1) is 31.4. The molecule has 0 aromatic heterocycles. The molecule has 1 atom stereocenters. The van der Waals surface area contributed by atoms with E-state index in [1.807, 2.05) is 48.5 Å². The molecular weight excluding hydrogens is 547 g/mol. The van der Waals surface area contributed by atoms with Crippen LogP contribution in [0.15, 0.2) is 182 Å². The zero-order chi connectivity index (χ0) is 31.5. The number of carbonyl (C=O) groups excluding carboxylic acids is 1. The molecule has 0 aliphatic heterocycles. The topological polar surface area (TPSA) is 43.1 Å². The van der Waals surface area contributed by atoms with Gasteiger partial charge in [0.2, 0.25) is 0 Å². The van der Waals surface area contributed by atoms with Crippen molar-refractivity contribution in [3.05, 3.63) is 188 Å². The monoisotopic (exact) mass is 588 g/mol. The van der Waals surface area contributed by atoms with Gasteiger partial charge in [-0.2, -0.15) is 21.9 Å². The number of ketones is 1. The molecule has 6 rings (SSSR count). The highest BCUT2D eigenvalue weighted by Gasteiger charge is 2.31. The highest BCUT2D eigenvalue weighted by atomic mass is 16.1. The van der Waals surface area contributed by atoms with E-state index in [1.165, 1.54) is 21.9 Å². The maximum absolute atomic E-state index is 12.3. The number of hydrogen-bond acceptors (Lipinski definition) is 2. The minimum absolute atomic E-state index is 0.00673. The second-order valence-electron chi connectivity index (χ2n) is 12.0. The Morgan fingerprint density at radius 1 is 0.511 bits per heavy atom. The Bertz CT molecular complexity index is 1580. The number of nitrogens with zero attached hydrogens (tertiary/aromatic N) is 1. The Hall–Kier alpha value is -5.03. The number of Topliss-reactive ketones (excluding diaryl/α,β-unsaturated/α-hetero) is 1. The Morgan fingerprint density at radius 2 is 0.800 bits per heavy atom. The molecule has 0 radical (unpaired) electrons. The predicted octanol–water partition coefficient (Wildman–Crippen LogP) is 5.53. The molecule has 4 heteroatoms. The van der Waals surface area contributed by atoms with E-state index in [9.17, 15) is 4.79 Å². The van der Waals surface area contributed by atoms with Crippen LogP contribution in [0, 0.1) is 0 Å². The molecule has 0 saturated carbocycles. The van der Waals surface area contributed by atoms with Crippen molar-refractivity contribution in [3.63, 3.8) is 0 Å². The van der Waals surface area contributed by atoms with E-state index < -0.39 is 12.2 Å². The fourth-order valence-corrected chi connectivity index (χ4v) is 6.45. The van der Waals surface area contributed by atoms with E-state index in [-0.39, 0.29) is 5.78 Å². The standard InChI is InChI=1S/C24H20B.C17H21N2O/c1-5-13-21(14-6-1)25(22-15-7-2-8-16-22,23-17-9-3-10-18-23)24-19-11-4-12-20-24;1-19(2,15-11-7-4-8-12-15)13-16(18)17(20)14-9-5-3-6-10-14/h1-20H;3-12,16H,13,18H2,1-2H3/q-1;+1. The van der Waals surface area contributed by atoms with Gasteiger partial charge in [-0.15, -0.1) is 0 Å². The summed E-state index contributed by atoms with van der Waals surface area (Å²) in [5.41, 5.74) is 13.3. The highest BCUT2D eigenvalue weighted by Crippen LogP contribution is 2.19. The number of hydrogen-bond donors (Lipinski definition) is 1. The normalized spacial score (nSPS) is 12.0. The van der Waals surface area contributed by atoms with E-state index >= 15 is 0 Å². The van der Waals surface area contributed by atoms with Crippen molar-refractivity contribution in [2.24, 2.45) is 5.73 Å². The number of quaternary nitrogens is 1. The third-order valence-electron chi connectivity index (χ3n) is 8.70. The van der Waals surface area contributed by atoms with Crippen LogP contribution in [0.4, 0.5) is 5.69 Å². The zero-order valence-corrected chi connectivity index (χ0v) is 26.1. The van der Waals surface area contributed by atoms with Crippen molar-refractivity contribution in [1.82, 2.24) is 4.48 Å². The van der Waals surface area contributed by atoms with Crippen LogP contribution in [0.25, 0.3) is 0 Å². The summed E-state index contributed by atoms with van der Waals surface area (Å²) >= 11 is 0. The lowest BCUT2D eigenvalue weighted by Gasteiger charge is -2.44. The van der Waals surface area contributed by atoms with Gasteiger partial charge in [0.1, 0.15) is 24.4 Å². The van der Waals surface area contributed by atoms with Crippen LogP contribution in [0.3, 0.4) is 0 Å². The second kappa shape index (κ2) is 14.6. The number of carbonyl (C=O) groups is 1. The van der Waals surface area contributed by atoms with Gasteiger partial charge in [-0.05, 0) is 12.1 Å². The van der Waals surface area contributed by atoms with Crippen LogP contribution in [0.5, 0.6) is 0 Å². The average molecular weight is 589 g/mol. The molecule has 0 aliphatic carbocycles. The molecule has 3 nitrogen and oxygen atoms in total. The predicted molar refractivity (Wildman–Crippen MR) is 194 cm³/mol. The van der Waals surface area contributed by atoms with Gasteiger partial charge >= 0.3 is 0 Å². The third-order valence-corrected chi connectivity index (χ3v) is 8.70. The maximum Gasteiger partial charge on any atom is 0.185 e. The fourth-order valence-electron chi connectivity index (χ4n) is 6.45. The van der Waals surface area contributed by atoms with Gasteiger partial charge in [-0.25, -0.2) is 0 Å². The fraction of sp³-hybridized carbons (Fsp3) is 0.0976. The van der Waals surface area contributed by atoms with Crippen molar-refractivity contribution in [3.8, 4) is 0 Å². The lowest BCUT2D eigenvalue weighted by Crippen LogP contribution is -2.74. The number of para-hydroxylation sites is 1. The number of rotatable bonds is 9. The number of nitrogens with two attached hydrogens (primary N) is 1. The Morgan fingerprint density at radius 3 is 1.13 bits per heavy atom. The molecular formula is C41H41BN2O. The minimum atomic E-state index is -1.22. The van der Waals surface area contributed by atoms with Gasteiger partial charge in [-0.3, -0.25) is 9.28 Å². The van der Waals surface area contributed by atoms with E-state index in [2.05, 4.69) is 148 Å². The molecule has 2 N–H and O–H groups in total. The lowest BCUT2D eigenvalue weighted by atomic mass is 9.13. The van der Waals surface area contributed by atoms with Crippen molar-refractivity contribution >= 4 is 39.5 Å². The molecule has 0 bridgehead atoms. The smallest absolute Gasteiger partial charge is 0.185 e. The molecule has 224 valence electrons. The minimum Gasteiger partial charge on any atom is -0.317 e. The van der Waals surface area contributed by atoms with Crippen molar-refractivity contribution < 1.29 is 4.79 Å². The van der Waals surface area contributed by atoms with Gasteiger partial charge in [0.15, 0.2) is 5.78 Å². The summed E-state index contributed by atoms with van der Waals surface area (Å²) in [6.07, 6.45) is -1.22. The van der Waals surface area contributed by atoms with Crippen LogP contribution in [0.1, 0.15) is 10.4 Å². The van der Waals surface area contributed by atoms with E-state index in [4.69, 9.17) is 5.73 Å². The quantitative estimate of drug-likeness (QED) is 0.137. The molecule has 0 amide bonds. The van der Waals surface area contributed by atoms with Crippen molar-refractivity contribution in [1.29, 1.82) is 0 Å². The number of likely N-dealkylation sites (N-methyl/N-ethyl adjacent to an activating group) is 1. The van der Waals surface area contributed by atoms with Gasteiger partial charge in [-0.1, -0.05) is 170 Å². The Labute approximate surface area is 268 Å². The van der Waals surface area contributed by atoms with Gasteiger partial charge < -0.3 is 5.73 Å². The molecule has 0 saturated heterocycles. The second-order valence-corrected chi connectivity index (χ2v) is 12.0. The lowest BCUT2D eigenvalue weighted by molar-refractivity contribution is 0.0947. The van der Waals surface area contributed by atoms with Gasteiger partial charge in [0.05, 0.1) is 14.1 Å². The van der Waals surface area contributed by atoms with Crippen LogP contribution >= 0.6 is 0 Å². The maximum atomic E-state index is 12.3. The van der Waals surface area contributed by atoms with Crippen LogP contribution in [-0.2, 0) is 0 Å². The van der Waals surface area contributed by atoms with Crippen LogP contribution < -0.4 is 32.1 Å².